The van der Waals surface area contributed by atoms with Gasteiger partial charge in [0, 0.05) is 0 Å². The number of hydrogen-bond acceptors (Lipinski definition) is 3. The van der Waals surface area contributed by atoms with Crippen molar-refractivity contribution in [1.29, 1.82) is 0 Å². The van der Waals surface area contributed by atoms with E-state index >= 15 is 0 Å². The minimum atomic E-state index is -4.64. The Morgan fingerprint density at radius 1 is 1.00 bits per heavy atom. The Hall–Kier alpha value is 0.640. The van der Waals surface area contributed by atoms with E-state index in [2.05, 4.69) is 23.3 Å². The summed E-state index contributed by atoms with van der Waals surface area (Å²) in [6.45, 7) is -0.868. The molecule has 0 saturated heterocycles. The minimum Gasteiger partial charge on any atom is -0.325 e. The van der Waals surface area contributed by atoms with Gasteiger partial charge in [0.1, 0.15) is 0 Å². The molecule has 0 heterocycles. The summed E-state index contributed by atoms with van der Waals surface area (Å²) in [6, 6.07) is 0. The van der Waals surface area contributed by atoms with E-state index in [1.807, 2.05) is 0 Å². The van der Waals surface area contributed by atoms with Crippen LogP contribution in [0.4, 0.5) is 0 Å². The van der Waals surface area contributed by atoms with Crippen LogP contribution in [0.2, 0.25) is 0 Å². The maximum absolute atomic E-state index is 8.88. The molecule has 10 heteroatoms. The Bertz CT molecular complexity index is 253. The van der Waals surface area contributed by atoms with Crippen LogP contribution in [0.25, 0.3) is 0 Å². The van der Waals surface area contributed by atoms with Crippen molar-refractivity contribution < 1.29 is 33.6 Å². The molecule has 0 radical (unpaired) electrons. The molecule has 0 saturated carbocycles. The molecule has 0 aliphatic rings. The van der Waals surface area contributed by atoms with E-state index in [0.717, 1.165) is 12.8 Å². The van der Waals surface area contributed by atoms with Crippen molar-refractivity contribution in [3.63, 3.8) is 0 Å². The van der Waals surface area contributed by atoms with E-state index in [0.29, 0.717) is 6.61 Å². The van der Waals surface area contributed by atoms with E-state index < -0.39 is 14.5 Å². The second-order valence-electron chi connectivity index (χ2n) is 3.25. The van der Waals surface area contributed by atoms with E-state index in [9.17, 15) is 0 Å². The van der Waals surface area contributed by atoms with Gasteiger partial charge in [-0.05, 0) is 18.2 Å². The van der Waals surface area contributed by atoms with Crippen LogP contribution in [0.15, 0.2) is 0 Å². The smallest absolute Gasteiger partial charge is 0.325 e. The lowest BCUT2D eigenvalue weighted by atomic mass is 10.2. The maximum atomic E-state index is 8.88. The van der Waals surface area contributed by atoms with Gasteiger partial charge in [0.15, 0.2) is 0 Å². The minimum absolute atomic E-state index is 0.369. The van der Waals surface area contributed by atoms with Crippen molar-refractivity contribution in [2.45, 2.75) is 39.0 Å². The number of hydrogen-bond donors (Lipinski definition) is 5. The Balaban J connectivity index is 0. The fraction of sp³-hybridized carbons (Fsp3) is 1.00. The quantitative estimate of drug-likeness (QED) is 0.351. The Morgan fingerprint density at radius 3 is 1.76 bits per heavy atom. The molecule has 0 aromatic carbocycles. The summed E-state index contributed by atoms with van der Waals surface area (Å²) < 4.78 is 13.5. The predicted molar refractivity (Wildman–Crippen MR) is 67.7 cm³/mol. The van der Waals surface area contributed by atoms with Crippen molar-refractivity contribution in [2.24, 2.45) is 0 Å². The molecule has 0 bridgehead atoms. The van der Waals surface area contributed by atoms with E-state index in [-0.39, 0.29) is 0 Å². The summed E-state index contributed by atoms with van der Waals surface area (Å²) in [7, 11) is -4.64. The first-order chi connectivity index (χ1) is 7.56. The number of unbranched alkanes of at least 4 members (excludes halogenated alkanes) is 4. The average molecular weight is 310 g/mol. The zero-order chi connectivity index (χ0) is 13.9. The van der Waals surface area contributed by atoms with Gasteiger partial charge in [0.25, 0.3) is 0 Å². The van der Waals surface area contributed by atoms with Crippen molar-refractivity contribution in [1.82, 2.24) is 0 Å². The van der Waals surface area contributed by atoms with Crippen LogP contribution < -0.4 is 0 Å². The molecule has 0 aliphatic heterocycles. The topological polar surface area (TPSA) is 127 Å². The number of phosphoric acid groups is 1. The molecule has 0 aromatic heterocycles. The lowest BCUT2D eigenvalue weighted by Gasteiger charge is -2.07. The highest BCUT2D eigenvalue weighted by atomic mass is 32.5. The van der Waals surface area contributed by atoms with Gasteiger partial charge in [-0.2, -0.15) is 0 Å². The van der Waals surface area contributed by atoms with Gasteiger partial charge in [-0.15, -0.1) is 0 Å². The van der Waals surface area contributed by atoms with Gasteiger partial charge in [0.05, 0.1) is 6.61 Å². The molecule has 0 spiro atoms. The van der Waals surface area contributed by atoms with Gasteiger partial charge in [-0.1, -0.05) is 32.6 Å². The van der Waals surface area contributed by atoms with Crippen LogP contribution in [0.3, 0.4) is 0 Å². The molecule has 0 unspecified atom stereocenters. The molecule has 0 fully saturated rings. The summed E-state index contributed by atoms with van der Waals surface area (Å²) in [4.78, 5) is 38.9. The standard InChI is InChI=1S/C7H17O3PS.H3O4P/c1-2-3-4-5-6-7-10-11(8,9)12;1-5(2,3)4/h2-7H2,1H3,(H2,8,9,12);(H3,1,2,3,4). The Morgan fingerprint density at radius 2 is 1.41 bits per heavy atom. The second-order valence-corrected chi connectivity index (χ2v) is 6.94. The van der Waals surface area contributed by atoms with Crippen molar-refractivity contribution in [2.75, 3.05) is 6.61 Å². The molecule has 0 aromatic rings. The second kappa shape index (κ2) is 10.6. The van der Waals surface area contributed by atoms with Gasteiger partial charge < -0.3 is 29.0 Å². The third-order valence-corrected chi connectivity index (χ3v) is 2.34. The monoisotopic (exact) mass is 310 g/mol. The average Bonchev–Trinajstić information content (AvgIpc) is 2.06. The molecule has 7 nitrogen and oxygen atoms in total. The lowest BCUT2D eigenvalue weighted by Crippen LogP contribution is -1.91. The zero-order valence-corrected chi connectivity index (χ0v) is 12.2. The molecule has 0 aliphatic carbocycles. The summed E-state index contributed by atoms with van der Waals surface area (Å²) in [6.07, 6.45) is 5.55. The van der Waals surface area contributed by atoms with Crippen LogP contribution in [0.1, 0.15) is 39.0 Å². The van der Waals surface area contributed by atoms with Gasteiger partial charge >= 0.3 is 14.5 Å². The largest absolute Gasteiger partial charge is 0.466 e. The van der Waals surface area contributed by atoms with E-state index in [1.165, 1.54) is 19.3 Å². The van der Waals surface area contributed by atoms with Crippen LogP contribution in [-0.2, 0) is 20.9 Å². The fourth-order valence-electron chi connectivity index (χ4n) is 0.889. The molecule has 0 rings (SSSR count). The zero-order valence-electron chi connectivity index (χ0n) is 9.60. The van der Waals surface area contributed by atoms with Crippen LogP contribution in [0, 0.1) is 0 Å². The predicted octanol–water partition coefficient (Wildman–Crippen LogP) is 1.25. The molecule has 106 valence electrons. The van der Waals surface area contributed by atoms with E-state index in [4.69, 9.17) is 29.0 Å². The van der Waals surface area contributed by atoms with Gasteiger partial charge in [0.2, 0.25) is 0 Å². The van der Waals surface area contributed by atoms with Crippen molar-refractivity contribution in [3.05, 3.63) is 0 Å². The Kier molecular flexibility index (Phi) is 12.4. The molecule has 17 heavy (non-hydrogen) atoms. The molecular weight excluding hydrogens is 290 g/mol. The van der Waals surface area contributed by atoms with Crippen LogP contribution >= 0.6 is 14.5 Å². The first-order valence-electron chi connectivity index (χ1n) is 5.04. The lowest BCUT2D eigenvalue weighted by molar-refractivity contribution is 0.245. The molecule has 0 amide bonds. The molecular formula is C7H20O7P2S. The van der Waals surface area contributed by atoms with Crippen LogP contribution in [0.5, 0.6) is 0 Å². The first kappa shape index (κ1) is 20.0. The Labute approximate surface area is 106 Å². The van der Waals surface area contributed by atoms with Crippen molar-refractivity contribution >= 4 is 26.3 Å². The highest BCUT2D eigenvalue weighted by Gasteiger charge is 2.05. The molecule has 5 N–H and O–H groups in total. The number of rotatable bonds is 7. The third-order valence-electron chi connectivity index (χ3n) is 1.51. The summed E-state index contributed by atoms with van der Waals surface area (Å²) in [5.41, 5.74) is 0. The highest BCUT2D eigenvalue weighted by molar-refractivity contribution is 8.06. The normalized spacial score (nSPS) is 11.9. The maximum Gasteiger partial charge on any atom is 0.466 e. The first-order valence-corrected chi connectivity index (χ1v) is 9.23. The summed E-state index contributed by atoms with van der Waals surface area (Å²) in [5, 5.41) is 0. The van der Waals surface area contributed by atoms with Crippen molar-refractivity contribution in [3.8, 4) is 0 Å². The van der Waals surface area contributed by atoms with Crippen LogP contribution in [-0.4, -0.2) is 31.1 Å². The summed E-state index contributed by atoms with van der Waals surface area (Å²) in [5.74, 6) is 0. The SMILES string of the molecule is CCCCCCCOP(O)(O)=S.O=P(O)(O)O. The van der Waals surface area contributed by atoms with Gasteiger partial charge in [-0.3, -0.25) is 0 Å². The summed E-state index contributed by atoms with van der Waals surface area (Å²) >= 11 is 4.29. The van der Waals surface area contributed by atoms with E-state index in [1.54, 1.807) is 0 Å². The fourth-order valence-corrected chi connectivity index (χ4v) is 1.48. The molecule has 0 atom stereocenters. The third kappa shape index (κ3) is 38.4. The van der Waals surface area contributed by atoms with Gasteiger partial charge in [-0.25, -0.2) is 4.57 Å². The highest BCUT2D eigenvalue weighted by Crippen LogP contribution is 2.36.